The molecule has 0 radical (unpaired) electrons. The van der Waals surface area contributed by atoms with Crippen LogP contribution in [0.25, 0.3) is 0 Å². The van der Waals surface area contributed by atoms with Crippen LogP contribution in [0.5, 0.6) is 0 Å². The molecule has 6 nitrogen and oxygen atoms in total. The monoisotopic (exact) mass is 309 g/mol. The van der Waals surface area contributed by atoms with Gasteiger partial charge in [0.2, 0.25) is 5.76 Å². The van der Waals surface area contributed by atoms with Crippen molar-refractivity contribution in [3.05, 3.63) is 17.5 Å². The lowest BCUT2D eigenvalue weighted by Crippen LogP contribution is -2.46. The molecule has 6 heteroatoms. The van der Waals surface area contributed by atoms with Crippen LogP contribution in [0.4, 0.5) is 0 Å². The summed E-state index contributed by atoms with van der Waals surface area (Å²) in [5, 5.41) is 3.99. The van der Waals surface area contributed by atoms with Gasteiger partial charge in [-0.15, -0.1) is 0 Å². The Morgan fingerprint density at radius 1 is 1.50 bits per heavy atom. The van der Waals surface area contributed by atoms with E-state index in [-0.39, 0.29) is 12.0 Å². The van der Waals surface area contributed by atoms with E-state index < -0.39 is 0 Å². The fourth-order valence-electron chi connectivity index (χ4n) is 2.56. The van der Waals surface area contributed by atoms with Gasteiger partial charge >= 0.3 is 0 Å². The fourth-order valence-corrected chi connectivity index (χ4v) is 2.56. The molecule has 2 heterocycles. The summed E-state index contributed by atoms with van der Waals surface area (Å²) in [7, 11) is 4.08. The topological polar surface area (TPSA) is 58.8 Å². The number of hydrogen-bond donors (Lipinski definition) is 0. The maximum absolute atomic E-state index is 12.5. The predicted molar refractivity (Wildman–Crippen MR) is 83.9 cm³/mol. The third-order valence-electron chi connectivity index (χ3n) is 3.71. The summed E-state index contributed by atoms with van der Waals surface area (Å²) in [5.74, 6) is 0.747. The standard InChI is InChI=1S/C16H27N3O3/c1-12(2)9-13-10-15(22-17-13)16(20)19-7-8-21-14(11-19)5-6-18(3)4/h10,12,14H,5-9,11H2,1-4H3/t14-/m1/s1. The third kappa shape index (κ3) is 4.81. The van der Waals surface area contributed by atoms with E-state index in [9.17, 15) is 4.79 Å². The molecule has 124 valence electrons. The molecule has 22 heavy (non-hydrogen) atoms. The number of carbonyl (C=O) groups is 1. The Labute approximate surface area is 132 Å². The molecule has 2 rings (SSSR count). The zero-order valence-corrected chi connectivity index (χ0v) is 14.0. The number of nitrogens with zero attached hydrogens (tertiary/aromatic N) is 3. The lowest BCUT2D eigenvalue weighted by atomic mass is 10.1. The number of ether oxygens (including phenoxy) is 1. The van der Waals surface area contributed by atoms with Gasteiger partial charge in [0.1, 0.15) is 0 Å². The second-order valence-electron chi connectivity index (χ2n) is 6.62. The van der Waals surface area contributed by atoms with Gasteiger partial charge < -0.3 is 19.1 Å². The summed E-state index contributed by atoms with van der Waals surface area (Å²) in [6.07, 6.45) is 1.84. The lowest BCUT2D eigenvalue weighted by Gasteiger charge is -2.32. The van der Waals surface area contributed by atoms with E-state index in [1.165, 1.54) is 0 Å². The number of hydrogen-bond acceptors (Lipinski definition) is 5. The first kappa shape index (κ1) is 17.0. The smallest absolute Gasteiger partial charge is 0.292 e. The number of carbonyl (C=O) groups excluding carboxylic acids is 1. The van der Waals surface area contributed by atoms with E-state index in [2.05, 4.69) is 23.9 Å². The van der Waals surface area contributed by atoms with Crippen molar-refractivity contribution in [2.75, 3.05) is 40.3 Å². The summed E-state index contributed by atoms with van der Waals surface area (Å²) in [6, 6.07) is 1.77. The van der Waals surface area contributed by atoms with Crippen molar-refractivity contribution in [1.82, 2.24) is 15.0 Å². The fraction of sp³-hybridized carbons (Fsp3) is 0.750. The molecule has 0 N–H and O–H groups in total. The maximum Gasteiger partial charge on any atom is 0.292 e. The molecule has 1 amide bonds. The molecule has 1 aliphatic heterocycles. The highest BCUT2D eigenvalue weighted by atomic mass is 16.5. The van der Waals surface area contributed by atoms with Crippen molar-refractivity contribution < 1.29 is 14.1 Å². The van der Waals surface area contributed by atoms with Gasteiger partial charge in [-0.25, -0.2) is 0 Å². The van der Waals surface area contributed by atoms with E-state index in [1.807, 2.05) is 19.0 Å². The Bertz CT molecular complexity index is 485. The Hall–Kier alpha value is -1.40. The van der Waals surface area contributed by atoms with Crippen LogP contribution < -0.4 is 0 Å². The Morgan fingerprint density at radius 3 is 2.95 bits per heavy atom. The summed E-state index contributed by atoms with van der Waals surface area (Å²) < 4.78 is 11.0. The van der Waals surface area contributed by atoms with Crippen LogP contribution >= 0.6 is 0 Å². The van der Waals surface area contributed by atoms with Gasteiger partial charge in [-0.1, -0.05) is 19.0 Å². The molecule has 1 aromatic heterocycles. The maximum atomic E-state index is 12.5. The summed E-state index contributed by atoms with van der Waals surface area (Å²) in [5.41, 5.74) is 0.843. The van der Waals surface area contributed by atoms with Crippen LogP contribution in [0.3, 0.4) is 0 Å². The number of aromatic nitrogens is 1. The van der Waals surface area contributed by atoms with Gasteiger partial charge in [-0.2, -0.15) is 0 Å². The first-order valence-electron chi connectivity index (χ1n) is 7.97. The first-order chi connectivity index (χ1) is 10.5. The highest BCUT2D eigenvalue weighted by Gasteiger charge is 2.27. The van der Waals surface area contributed by atoms with Gasteiger partial charge in [-0.05, 0) is 32.9 Å². The quantitative estimate of drug-likeness (QED) is 0.800. The van der Waals surface area contributed by atoms with Crippen LogP contribution in [0, 0.1) is 5.92 Å². The highest BCUT2D eigenvalue weighted by molar-refractivity contribution is 5.91. The van der Waals surface area contributed by atoms with Gasteiger partial charge in [0.05, 0.1) is 18.4 Å². The summed E-state index contributed by atoms with van der Waals surface area (Å²) in [4.78, 5) is 16.4. The molecule has 1 aromatic rings. The minimum atomic E-state index is -0.0827. The van der Waals surface area contributed by atoms with Gasteiger partial charge in [0, 0.05) is 25.7 Å². The van der Waals surface area contributed by atoms with Crippen molar-refractivity contribution in [3.8, 4) is 0 Å². The molecule has 0 unspecified atom stereocenters. The van der Waals surface area contributed by atoms with Crippen molar-refractivity contribution in [2.45, 2.75) is 32.8 Å². The van der Waals surface area contributed by atoms with E-state index >= 15 is 0 Å². The third-order valence-corrected chi connectivity index (χ3v) is 3.71. The number of morpholine rings is 1. The van der Waals surface area contributed by atoms with E-state index in [1.54, 1.807) is 6.07 Å². The molecular formula is C16H27N3O3. The highest BCUT2D eigenvalue weighted by Crippen LogP contribution is 2.15. The van der Waals surface area contributed by atoms with Crippen molar-refractivity contribution in [3.63, 3.8) is 0 Å². The largest absolute Gasteiger partial charge is 0.374 e. The average molecular weight is 309 g/mol. The molecule has 1 aliphatic rings. The van der Waals surface area contributed by atoms with Crippen LogP contribution in [0.15, 0.2) is 10.6 Å². The van der Waals surface area contributed by atoms with Crippen LogP contribution in [-0.2, 0) is 11.2 Å². The SMILES string of the molecule is CC(C)Cc1cc(C(=O)N2CCO[C@H](CCN(C)C)C2)on1. The van der Waals surface area contributed by atoms with Gasteiger partial charge in [0.25, 0.3) is 5.91 Å². The normalized spacial score (nSPS) is 19.2. The Kier molecular flexibility index (Phi) is 5.97. The molecule has 0 bridgehead atoms. The van der Waals surface area contributed by atoms with E-state index in [0.29, 0.717) is 31.4 Å². The minimum Gasteiger partial charge on any atom is -0.374 e. The van der Waals surface area contributed by atoms with Gasteiger partial charge in [0.15, 0.2) is 0 Å². The van der Waals surface area contributed by atoms with Gasteiger partial charge in [-0.3, -0.25) is 4.79 Å². The Morgan fingerprint density at radius 2 is 2.27 bits per heavy atom. The summed E-state index contributed by atoms with van der Waals surface area (Å²) >= 11 is 0. The van der Waals surface area contributed by atoms with Crippen molar-refractivity contribution >= 4 is 5.91 Å². The predicted octanol–water partition coefficient (Wildman–Crippen LogP) is 1.67. The zero-order chi connectivity index (χ0) is 16.1. The second-order valence-corrected chi connectivity index (χ2v) is 6.62. The number of rotatable bonds is 6. The lowest BCUT2D eigenvalue weighted by molar-refractivity contribution is -0.0280. The average Bonchev–Trinajstić information content (AvgIpc) is 2.92. The van der Waals surface area contributed by atoms with E-state index in [0.717, 1.165) is 25.1 Å². The van der Waals surface area contributed by atoms with Crippen LogP contribution in [0.1, 0.15) is 36.5 Å². The molecular weight excluding hydrogens is 282 g/mol. The molecule has 0 aromatic carbocycles. The molecule has 1 fully saturated rings. The van der Waals surface area contributed by atoms with Crippen molar-refractivity contribution in [1.29, 1.82) is 0 Å². The van der Waals surface area contributed by atoms with E-state index in [4.69, 9.17) is 9.26 Å². The second kappa shape index (κ2) is 7.74. The Balaban J connectivity index is 1.92. The summed E-state index contributed by atoms with van der Waals surface area (Å²) in [6.45, 7) is 7.00. The van der Waals surface area contributed by atoms with Crippen LogP contribution in [-0.4, -0.2) is 67.3 Å². The molecule has 1 saturated heterocycles. The minimum absolute atomic E-state index is 0.0827. The molecule has 1 atom stereocenters. The van der Waals surface area contributed by atoms with Crippen LogP contribution in [0.2, 0.25) is 0 Å². The number of amides is 1. The molecule has 0 spiro atoms. The zero-order valence-electron chi connectivity index (χ0n) is 14.0. The molecule has 0 saturated carbocycles. The first-order valence-corrected chi connectivity index (χ1v) is 7.97. The van der Waals surface area contributed by atoms with Crippen molar-refractivity contribution in [2.24, 2.45) is 5.92 Å². The molecule has 0 aliphatic carbocycles.